The Morgan fingerprint density at radius 2 is 2.07 bits per heavy atom. The largest absolute Gasteiger partial charge is 0.497 e. The summed E-state index contributed by atoms with van der Waals surface area (Å²) in [5.74, 6) is 1.65. The van der Waals surface area contributed by atoms with Crippen LogP contribution in [0.3, 0.4) is 0 Å². The fourth-order valence-corrected chi connectivity index (χ4v) is 5.76. The van der Waals surface area contributed by atoms with Crippen LogP contribution in [0.1, 0.15) is 28.8 Å². The van der Waals surface area contributed by atoms with Gasteiger partial charge in [0, 0.05) is 22.7 Å². The highest BCUT2D eigenvalue weighted by molar-refractivity contribution is 7.98. The summed E-state index contributed by atoms with van der Waals surface area (Å²) in [6, 6.07) is 8.06. The van der Waals surface area contributed by atoms with Crippen LogP contribution in [0.15, 0.2) is 46.9 Å². The topological polar surface area (TPSA) is 44.1 Å². The van der Waals surface area contributed by atoms with E-state index in [1.165, 1.54) is 16.9 Å². The molecule has 0 radical (unpaired) electrons. The van der Waals surface area contributed by atoms with Crippen molar-refractivity contribution in [1.82, 2.24) is 9.55 Å². The number of ether oxygens (including phenoxy) is 1. The first kappa shape index (κ1) is 18.3. The zero-order chi connectivity index (χ0) is 18.8. The summed E-state index contributed by atoms with van der Waals surface area (Å²) in [5.41, 5.74) is 2.95. The minimum atomic E-state index is 0.132. The maximum absolute atomic E-state index is 13.0. The Kier molecular flexibility index (Phi) is 5.36. The number of allylic oxidation sites excluding steroid dienone is 1. The van der Waals surface area contributed by atoms with Gasteiger partial charge in [0.1, 0.15) is 16.1 Å². The maximum atomic E-state index is 13.0. The quantitative estimate of drug-likeness (QED) is 0.441. The molecule has 6 heteroatoms. The molecule has 0 spiro atoms. The van der Waals surface area contributed by atoms with E-state index in [-0.39, 0.29) is 5.43 Å². The predicted molar refractivity (Wildman–Crippen MR) is 113 cm³/mol. The van der Waals surface area contributed by atoms with Crippen LogP contribution in [0.25, 0.3) is 10.3 Å². The highest BCUT2D eigenvalue weighted by Gasteiger charge is 2.21. The Balaban J connectivity index is 1.70. The third-order valence-electron chi connectivity index (χ3n) is 4.85. The molecule has 1 aromatic carbocycles. The van der Waals surface area contributed by atoms with Crippen molar-refractivity contribution in [2.45, 2.75) is 43.1 Å². The summed E-state index contributed by atoms with van der Waals surface area (Å²) in [6.45, 7) is 4.55. The highest BCUT2D eigenvalue weighted by atomic mass is 32.2. The molecule has 0 saturated carbocycles. The number of methoxy groups -OCH3 is 1. The normalized spacial score (nSPS) is 13.5. The molecule has 0 N–H and O–H groups in total. The summed E-state index contributed by atoms with van der Waals surface area (Å²) in [4.78, 5) is 19.9. The molecule has 0 fully saturated rings. The van der Waals surface area contributed by atoms with E-state index in [1.807, 2.05) is 18.2 Å². The zero-order valence-electron chi connectivity index (χ0n) is 15.4. The number of benzene rings is 1. The molecule has 27 heavy (non-hydrogen) atoms. The third kappa shape index (κ3) is 3.56. The predicted octanol–water partition coefficient (Wildman–Crippen LogP) is 4.82. The van der Waals surface area contributed by atoms with Crippen LogP contribution in [-0.2, 0) is 25.1 Å². The van der Waals surface area contributed by atoms with Gasteiger partial charge in [-0.1, -0.05) is 30.0 Å². The second-order valence-corrected chi connectivity index (χ2v) is 8.65. The molecule has 2 heterocycles. The Hall–Kier alpha value is -2.05. The molecule has 3 aromatic rings. The first-order valence-corrected chi connectivity index (χ1v) is 10.9. The Bertz CT molecular complexity index is 1040. The van der Waals surface area contributed by atoms with Crippen LogP contribution in [0.2, 0.25) is 0 Å². The maximum Gasteiger partial charge on any atom is 0.211 e. The van der Waals surface area contributed by atoms with Gasteiger partial charge in [-0.2, -0.15) is 0 Å². The lowest BCUT2D eigenvalue weighted by atomic mass is 9.98. The van der Waals surface area contributed by atoms with Crippen LogP contribution < -0.4 is 10.2 Å². The minimum Gasteiger partial charge on any atom is -0.497 e. The second kappa shape index (κ2) is 7.90. The summed E-state index contributed by atoms with van der Waals surface area (Å²) < 4.78 is 7.35. The Morgan fingerprint density at radius 1 is 1.30 bits per heavy atom. The van der Waals surface area contributed by atoms with Gasteiger partial charge in [0.25, 0.3) is 0 Å². The van der Waals surface area contributed by atoms with E-state index in [0.717, 1.165) is 46.3 Å². The van der Waals surface area contributed by atoms with Crippen LogP contribution in [0.4, 0.5) is 0 Å². The van der Waals surface area contributed by atoms with Crippen LogP contribution in [-0.4, -0.2) is 16.7 Å². The number of nitrogens with zero attached hydrogens (tertiary/aromatic N) is 2. The lowest BCUT2D eigenvalue weighted by molar-refractivity contribution is 0.414. The molecule has 0 saturated heterocycles. The minimum absolute atomic E-state index is 0.132. The fraction of sp³-hybridized carbons (Fsp3) is 0.333. The van der Waals surface area contributed by atoms with Crippen molar-refractivity contribution in [2.75, 3.05) is 7.11 Å². The van der Waals surface area contributed by atoms with E-state index in [0.29, 0.717) is 12.1 Å². The monoisotopic (exact) mass is 398 g/mol. The van der Waals surface area contributed by atoms with E-state index in [4.69, 9.17) is 9.72 Å². The van der Waals surface area contributed by atoms with Crippen LogP contribution in [0.5, 0.6) is 5.75 Å². The SMILES string of the molecule is C=CCn1c(SCc2ccc(OC)cc2)nc2c(=O)c3c(sc21)CCCC3. The summed E-state index contributed by atoms with van der Waals surface area (Å²) >= 11 is 3.40. The molecule has 1 aliphatic carbocycles. The van der Waals surface area contributed by atoms with Crippen molar-refractivity contribution >= 4 is 33.4 Å². The van der Waals surface area contributed by atoms with Crippen molar-refractivity contribution in [3.63, 3.8) is 0 Å². The molecule has 4 nitrogen and oxygen atoms in total. The molecule has 0 bridgehead atoms. The van der Waals surface area contributed by atoms with Crippen molar-refractivity contribution in [2.24, 2.45) is 0 Å². The molecule has 4 rings (SSSR count). The van der Waals surface area contributed by atoms with Crippen molar-refractivity contribution in [1.29, 1.82) is 0 Å². The van der Waals surface area contributed by atoms with Gasteiger partial charge in [0.15, 0.2) is 5.16 Å². The number of fused-ring (bicyclic) bond motifs is 2. The number of hydrogen-bond acceptors (Lipinski definition) is 5. The highest BCUT2D eigenvalue weighted by Crippen LogP contribution is 2.32. The number of rotatable bonds is 6. The molecule has 0 aliphatic heterocycles. The molecule has 0 atom stereocenters. The first-order valence-electron chi connectivity index (χ1n) is 9.13. The molecule has 0 amide bonds. The average molecular weight is 399 g/mol. The second-order valence-electron chi connectivity index (χ2n) is 6.62. The zero-order valence-corrected chi connectivity index (χ0v) is 17.0. The van der Waals surface area contributed by atoms with E-state index in [1.54, 1.807) is 30.2 Å². The van der Waals surface area contributed by atoms with Gasteiger partial charge >= 0.3 is 0 Å². The summed E-state index contributed by atoms with van der Waals surface area (Å²) in [7, 11) is 1.67. The van der Waals surface area contributed by atoms with Crippen LogP contribution >= 0.6 is 23.1 Å². The van der Waals surface area contributed by atoms with Gasteiger partial charge in [0.05, 0.1) is 7.11 Å². The average Bonchev–Trinajstić information content (AvgIpc) is 3.05. The Labute approximate surface area is 166 Å². The van der Waals surface area contributed by atoms with Crippen molar-refractivity contribution in [3.8, 4) is 5.75 Å². The first-order chi connectivity index (χ1) is 13.2. The number of thioether (sulfide) groups is 1. The van der Waals surface area contributed by atoms with E-state index >= 15 is 0 Å². The van der Waals surface area contributed by atoms with E-state index in [9.17, 15) is 4.79 Å². The molecule has 2 aromatic heterocycles. The molecule has 140 valence electrons. The molecule has 1 aliphatic rings. The van der Waals surface area contributed by atoms with Gasteiger partial charge < -0.3 is 9.30 Å². The van der Waals surface area contributed by atoms with E-state index in [2.05, 4.69) is 23.3 Å². The van der Waals surface area contributed by atoms with Gasteiger partial charge in [-0.15, -0.1) is 17.9 Å². The van der Waals surface area contributed by atoms with Crippen LogP contribution in [0, 0.1) is 0 Å². The number of hydrogen-bond donors (Lipinski definition) is 0. The van der Waals surface area contributed by atoms with Crippen molar-refractivity contribution < 1.29 is 4.74 Å². The lowest BCUT2D eigenvalue weighted by Gasteiger charge is -2.14. The number of aromatic nitrogens is 2. The summed E-state index contributed by atoms with van der Waals surface area (Å²) in [6.07, 6.45) is 6.05. The number of imidazole rings is 1. The van der Waals surface area contributed by atoms with E-state index < -0.39 is 0 Å². The summed E-state index contributed by atoms with van der Waals surface area (Å²) in [5, 5.41) is 0.886. The third-order valence-corrected chi connectivity index (χ3v) is 7.20. The standard InChI is InChI=1S/C21H22N2O2S2/c1-3-12-23-20-18(19(24)16-6-4-5-7-17(16)27-20)22-21(23)26-13-14-8-10-15(25-2)11-9-14/h3,8-11H,1,4-7,12-13H2,2H3. The van der Waals surface area contributed by atoms with Gasteiger partial charge in [-0.25, -0.2) is 4.98 Å². The molecule has 0 unspecified atom stereocenters. The fourth-order valence-electron chi connectivity index (χ4n) is 3.43. The van der Waals surface area contributed by atoms with Gasteiger partial charge in [0.2, 0.25) is 5.43 Å². The van der Waals surface area contributed by atoms with Gasteiger partial charge in [-0.3, -0.25) is 4.79 Å². The molecular formula is C21H22N2O2S2. The molecular weight excluding hydrogens is 376 g/mol. The van der Waals surface area contributed by atoms with Crippen molar-refractivity contribution in [3.05, 3.63) is 63.1 Å². The smallest absolute Gasteiger partial charge is 0.211 e. The number of aryl methyl sites for hydroxylation is 1. The Morgan fingerprint density at radius 3 is 2.81 bits per heavy atom. The van der Waals surface area contributed by atoms with Gasteiger partial charge in [-0.05, 0) is 43.4 Å². The lowest BCUT2D eigenvalue weighted by Crippen LogP contribution is -2.15.